The summed E-state index contributed by atoms with van der Waals surface area (Å²) in [4.78, 5) is 29.5. The van der Waals surface area contributed by atoms with Crippen LogP contribution in [0.25, 0.3) is 0 Å². The number of carbonyl (C=O) groups excluding carboxylic acids is 2. The molecule has 1 aromatic carbocycles. The summed E-state index contributed by atoms with van der Waals surface area (Å²) in [7, 11) is 1.73. The minimum absolute atomic E-state index is 0.118. The van der Waals surface area contributed by atoms with Gasteiger partial charge in [0.25, 0.3) is 0 Å². The number of nitrogens with zero attached hydrogens (tertiary/aromatic N) is 3. The fraction of sp³-hybridized carbons (Fsp3) is 0.312. The third kappa shape index (κ3) is 2.95. The zero-order chi connectivity index (χ0) is 16.4. The molecule has 1 aliphatic heterocycles. The van der Waals surface area contributed by atoms with Crippen LogP contribution < -0.4 is 0 Å². The number of aliphatic hydroxyl groups is 1. The lowest BCUT2D eigenvalue weighted by Crippen LogP contribution is -2.35. The number of hydrogen-bond donors (Lipinski definition) is 1. The second kappa shape index (κ2) is 6.21. The van der Waals surface area contributed by atoms with Crippen LogP contribution in [-0.4, -0.2) is 38.2 Å². The van der Waals surface area contributed by atoms with Crippen LogP contribution in [0.5, 0.6) is 0 Å². The van der Waals surface area contributed by atoms with Gasteiger partial charge in [-0.1, -0.05) is 30.3 Å². The van der Waals surface area contributed by atoms with Crippen LogP contribution in [0, 0.1) is 0 Å². The molecule has 23 heavy (non-hydrogen) atoms. The number of hydrogen-bond acceptors (Lipinski definition) is 5. The Hall–Kier alpha value is -2.67. The molecule has 1 aliphatic rings. The summed E-state index contributed by atoms with van der Waals surface area (Å²) >= 11 is 0. The third-order valence-corrected chi connectivity index (χ3v) is 3.85. The molecule has 2 amide bonds. The van der Waals surface area contributed by atoms with Crippen LogP contribution in [0.15, 0.2) is 42.7 Å². The van der Waals surface area contributed by atoms with Crippen molar-refractivity contribution in [3.8, 4) is 0 Å². The van der Waals surface area contributed by atoms with Crippen molar-refractivity contribution in [2.45, 2.75) is 18.6 Å². The van der Waals surface area contributed by atoms with Crippen molar-refractivity contribution < 1.29 is 19.4 Å². The summed E-state index contributed by atoms with van der Waals surface area (Å²) in [6, 6.07) is 8.74. The first-order valence-corrected chi connectivity index (χ1v) is 7.27. The van der Waals surface area contributed by atoms with E-state index in [9.17, 15) is 14.7 Å². The van der Waals surface area contributed by atoms with Gasteiger partial charge in [-0.15, -0.1) is 0 Å². The monoisotopic (exact) mass is 315 g/mol. The molecular formula is C16H17N3O4. The first-order valence-electron chi connectivity index (χ1n) is 7.27. The summed E-state index contributed by atoms with van der Waals surface area (Å²) in [5.41, 5.74) is 0.818. The number of ether oxygens (including phenoxy) is 1. The molecular weight excluding hydrogens is 298 g/mol. The van der Waals surface area contributed by atoms with Gasteiger partial charge in [0.1, 0.15) is 24.6 Å². The van der Waals surface area contributed by atoms with Gasteiger partial charge in [-0.05, 0) is 5.56 Å². The Balaban J connectivity index is 1.77. The Labute approximate surface area is 133 Å². The van der Waals surface area contributed by atoms with E-state index in [1.807, 2.05) is 30.3 Å². The standard InChI is InChI=1S/C16H17N3O4/c1-18-8-7-17-15(18)13(20)9-14(21)19-12(10-23-16(19)22)11-5-3-2-4-6-11/h2-8,12-13,20H,9-10H2,1H3/t12-,13+/m1/s1. The summed E-state index contributed by atoms with van der Waals surface area (Å²) in [6.45, 7) is 0.118. The minimum atomic E-state index is -1.08. The van der Waals surface area contributed by atoms with Crippen molar-refractivity contribution in [3.63, 3.8) is 0 Å². The van der Waals surface area contributed by atoms with E-state index in [0.717, 1.165) is 10.5 Å². The molecule has 7 heteroatoms. The molecule has 1 fully saturated rings. The van der Waals surface area contributed by atoms with Crippen molar-refractivity contribution in [2.24, 2.45) is 7.05 Å². The molecule has 1 saturated heterocycles. The Kier molecular flexibility index (Phi) is 4.12. The van der Waals surface area contributed by atoms with Crippen molar-refractivity contribution >= 4 is 12.0 Å². The highest BCUT2D eigenvalue weighted by atomic mass is 16.6. The maximum atomic E-state index is 12.5. The maximum absolute atomic E-state index is 12.5. The molecule has 2 aromatic rings. The second-order valence-electron chi connectivity index (χ2n) is 5.38. The van der Waals surface area contributed by atoms with Crippen LogP contribution >= 0.6 is 0 Å². The fourth-order valence-corrected chi connectivity index (χ4v) is 2.67. The lowest BCUT2D eigenvalue weighted by atomic mass is 10.1. The predicted octanol–water partition coefficient (Wildman–Crippen LogP) is 1.56. The number of carbonyl (C=O) groups is 2. The zero-order valence-electron chi connectivity index (χ0n) is 12.6. The van der Waals surface area contributed by atoms with Gasteiger partial charge < -0.3 is 14.4 Å². The summed E-state index contributed by atoms with van der Waals surface area (Å²) in [5, 5.41) is 10.2. The van der Waals surface area contributed by atoms with Crippen LogP contribution in [0.4, 0.5) is 4.79 Å². The molecule has 1 aromatic heterocycles. The summed E-state index contributed by atoms with van der Waals surface area (Å²) < 4.78 is 6.65. The molecule has 0 aliphatic carbocycles. The van der Waals surface area contributed by atoms with Gasteiger partial charge in [0.05, 0.1) is 6.42 Å². The van der Waals surface area contributed by atoms with Gasteiger partial charge in [0, 0.05) is 19.4 Å². The van der Waals surface area contributed by atoms with E-state index < -0.39 is 24.1 Å². The highest BCUT2D eigenvalue weighted by molar-refractivity contribution is 5.94. The molecule has 2 atom stereocenters. The van der Waals surface area contributed by atoms with E-state index in [2.05, 4.69) is 4.98 Å². The summed E-state index contributed by atoms with van der Waals surface area (Å²) in [5.74, 6) is -0.112. The van der Waals surface area contributed by atoms with Gasteiger partial charge in [-0.2, -0.15) is 0 Å². The highest BCUT2D eigenvalue weighted by Gasteiger charge is 2.39. The first-order chi connectivity index (χ1) is 11.1. The average Bonchev–Trinajstić information content (AvgIpc) is 3.14. The minimum Gasteiger partial charge on any atom is -0.446 e. The van der Waals surface area contributed by atoms with Gasteiger partial charge in [-0.3, -0.25) is 4.79 Å². The molecule has 0 bridgehead atoms. The van der Waals surface area contributed by atoms with E-state index >= 15 is 0 Å². The SMILES string of the molecule is Cn1ccnc1[C@@H](O)CC(=O)N1C(=O)OC[C@@H]1c1ccccc1. The molecule has 3 rings (SSSR count). The van der Waals surface area contributed by atoms with Crippen LogP contribution in [0.3, 0.4) is 0 Å². The second-order valence-corrected chi connectivity index (χ2v) is 5.38. The van der Waals surface area contributed by atoms with Gasteiger partial charge >= 0.3 is 6.09 Å². The van der Waals surface area contributed by atoms with Gasteiger partial charge in [0.15, 0.2) is 0 Å². The van der Waals surface area contributed by atoms with E-state index in [4.69, 9.17) is 4.74 Å². The highest BCUT2D eigenvalue weighted by Crippen LogP contribution is 2.29. The molecule has 120 valence electrons. The van der Waals surface area contributed by atoms with Crippen molar-refractivity contribution in [2.75, 3.05) is 6.61 Å². The number of aliphatic hydroxyl groups excluding tert-OH is 1. The number of rotatable bonds is 4. The molecule has 0 spiro atoms. The van der Waals surface area contributed by atoms with Crippen molar-refractivity contribution in [3.05, 3.63) is 54.1 Å². The topological polar surface area (TPSA) is 84.7 Å². The molecule has 0 saturated carbocycles. The first kappa shape index (κ1) is 15.2. The number of imidazole rings is 1. The largest absolute Gasteiger partial charge is 0.446 e. The smallest absolute Gasteiger partial charge is 0.417 e. The maximum Gasteiger partial charge on any atom is 0.417 e. The van der Waals surface area contributed by atoms with E-state index in [1.54, 1.807) is 24.0 Å². The number of imide groups is 1. The van der Waals surface area contributed by atoms with Crippen molar-refractivity contribution in [1.29, 1.82) is 0 Å². The van der Waals surface area contributed by atoms with E-state index in [1.165, 1.54) is 0 Å². The number of aryl methyl sites for hydroxylation is 1. The van der Waals surface area contributed by atoms with Gasteiger partial charge in [0.2, 0.25) is 5.91 Å². The van der Waals surface area contributed by atoms with E-state index in [0.29, 0.717) is 5.82 Å². The van der Waals surface area contributed by atoms with Gasteiger partial charge in [-0.25, -0.2) is 14.7 Å². The van der Waals surface area contributed by atoms with Crippen LogP contribution in [0.2, 0.25) is 0 Å². The van der Waals surface area contributed by atoms with Crippen LogP contribution in [-0.2, 0) is 16.6 Å². The Morgan fingerprint density at radius 1 is 1.43 bits per heavy atom. The zero-order valence-corrected chi connectivity index (χ0v) is 12.6. The third-order valence-electron chi connectivity index (χ3n) is 3.85. The Morgan fingerprint density at radius 2 is 2.17 bits per heavy atom. The summed E-state index contributed by atoms with van der Waals surface area (Å²) in [6.07, 6.45) is 1.23. The van der Waals surface area contributed by atoms with E-state index in [-0.39, 0.29) is 13.0 Å². The lowest BCUT2D eigenvalue weighted by molar-refractivity contribution is -0.131. The fourth-order valence-electron chi connectivity index (χ4n) is 2.67. The molecule has 0 radical (unpaired) electrons. The average molecular weight is 315 g/mol. The molecule has 1 N–H and O–H groups in total. The number of cyclic esters (lactones) is 1. The molecule has 7 nitrogen and oxygen atoms in total. The lowest BCUT2D eigenvalue weighted by Gasteiger charge is -2.21. The van der Waals surface area contributed by atoms with Crippen molar-refractivity contribution in [1.82, 2.24) is 14.5 Å². The Morgan fingerprint density at radius 3 is 2.83 bits per heavy atom. The van der Waals surface area contributed by atoms with Crippen LogP contribution in [0.1, 0.15) is 30.0 Å². The normalized spacial score (nSPS) is 18.8. The predicted molar refractivity (Wildman–Crippen MR) is 80.2 cm³/mol. The Bertz CT molecular complexity index is 713. The molecule has 0 unspecified atom stereocenters. The number of amides is 2. The molecule has 2 heterocycles. The number of aromatic nitrogens is 2. The number of benzene rings is 1. The quantitative estimate of drug-likeness (QED) is 0.925.